The van der Waals surface area contributed by atoms with Gasteiger partial charge in [-0.2, -0.15) is 0 Å². The topological polar surface area (TPSA) is 88.5 Å². The Balaban J connectivity index is 2.64. The number of hydrazine groups is 1. The third-order valence-corrected chi connectivity index (χ3v) is 2.41. The van der Waals surface area contributed by atoms with Gasteiger partial charge in [0, 0.05) is 19.8 Å². The zero-order chi connectivity index (χ0) is 13.5. The van der Waals surface area contributed by atoms with Crippen LogP contribution in [-0.2, 0) is 6.54 Å². The molecule has 7 nitrogen and oxygen atoms in total. The highest BCUT2D eigenvalue weighted by Crippen LogP contribution is 2.08. The second-order valence-electron chi connectivity index (χ2n) is 3.51. The van der Waals surface area contributed by atoms with E-state index in [9.17, 15) is 10.1 Å². The van der Waals surface area contributed by atoms with Crippen LogP contribution in [0.4, 0.5) is 0 Å². The molecule has 0 aliphatic heterocycles. The van der Waals surface area contributed by atoms with E-state index in [4.69, 9.17) is 17.3 Å². The summed E-state index contributed by atoms with van der Waals surface area (Å²) >= 11 is 5.68. The summed E-state index contributed by atoms with van der Waals surface area (Å²) in [7, 11) is 1.77. The van der Waals surface area contributed by atoms with Crippen molar-refractivity contribution in [2.24, 2.45) is 5.73 Å². The molecule has 98 valence electrons. The average Bonchev–Trinajstić information content (AvgIpc) is 2.32. The SMILES string of the molecule is CN(Cc1ccc(Cl)nc1)N(/C=C/[N+](=O)[O-])CN. The molecule has 0 atom stereocenters. The first-order valence-corrected chi connectivity index (χ1v) is 5.50. The molecule has 0 amide bonds. The molecular formula is C10H14ClN5O2. The number of nitrogens with zero attached hydrogens (tertiary/aromatic N) is 4. The van der Waals surface area contributed by atoms with E-state index in [1.165, 1.54) is 11.2 Å². The number of rotatable bonds is 6. The summed E-state index contributed by atoms with van der Waals surface area (Å²) in [6.45, 7) is 0.658. The van der Waals surface area contributed by atoms with Gasteiger partial charge in [-0.1, -0.05) is 17.7 Å². The minimum absolute atomic E-state index is 0.141. The Morgan fingerprint density at radius 2 is 2.33 bits per heavy atom. The molecule has 1 rings (SSSR count). The zero-order valence-electron chi connectivity index (χ0n) is 9.86. The minimum Gasteiger partial charge on any atom is -0.313 e. The predicted molar refractivity (Wildman–Crippen MR) is 67.7 cm³/mol. The molecule has 0 aromatic carbocycles. The Morgan fingerprint density at radius 3 is 2.83 bits per heavy atom. The van der Waals surface area contributed by atoms with Crippen LogP contribution >= 0.6 is 11.6 Å². The fourth-order valence-electron chi connectivity index (χ4n) is 1.30. The molecule has 0 saturated carbocycles. The Kier molecular flexibility index (Phi) is 5.50. The van der Waals surface area contributed by atoms with Gasteiger partial charge in [0.05, 0.1) is 17.8 Å². The van der Waals surface area contributed by atoms with E-state index < -0.39 is 4.92 Å². The summed E-state index contributed by atoms with van der Waals surface area (Å²) < 4.78 is 0. The largest absolute Gasteiger partial charge is 0.313 e. The number of aromatic nitrogens is 1. The van der Waals surface area contributed by atoms with Crippen LogP contribution < -0.4 is 5.73 Å². The van der Waals surface area contributed by atoms with Crippen molar-refractivity contribution in [3.05, 3.63) is 51.6 Å². The molecule has 2 N–H and O–H groups in total. The van der Waals surface area contributed by atoms with Gasteiger partial charge in [0.2, 0.25) is 0 Å². The van der Waals surface area contributed by atoms with Crippen LogP contribution in [0.25, 0.3) is 0 Å². The lowest BCUT2D eigenvalue weighted by molar-refractivity contribution is -0.403. The molecule has 1 heterocycles. The van der Waals surface area contributed by atoms with Crippen LogP contribution in [0.2, 0.25) is 5.15 Å². The lowest BCUT2D eigenvalue weighted by atomic mass is 10.3. The number of hydrogen-bond donors (Lipinski definition) is 1. The first-order chi connectivity index (χ1) is 8.52. The maximum atomic E-state index is 10.2. The number of nitrogens with two attached hydrogens (primary N) is 1. The molecule has 0 bridgehead atoms. The van der Waals surface area contributed by atoms with Gasteiger partial charge < -0.3 is 5.73 Å². The van der Waals surface area contributed by atoms with E-state index in [1.54, 1.807) is 24.3 Å². The lowest BCUT2D eigenvalue weighted by Crippen LogP contribution is -2.39. The Hall–Kier alpha value is -1.70. The number of halogens is 1. The van der Waals surface area contributed by atoms with Crippen molar-refractivity contribution in [1.29, 1.82) is 0 Å². The smallest absolute Gasteiger partial charge is 0.251 e. The molecule has 0 radical (unpaired) electrons. The summed E-state index contributed by atoms with van der Waals surface area (Å²) in [5.41, 5.74) is 6.44. The summed E-state index contributed by atoms with van der Waals surface area (Å²) in [4.78, 5) is 13.7. The molecule has 0 saturated heterocycles. The van der Waals surface area contributed by atoms with E-state index >= 15 is 0 Å². The van der Waals surface area contributed by atoms with Crippen LogP contribution in [0, 0.1) is 10.1 Å². The van der Waals surface area contributed by atoms with Gasteiger partial charge in [-0.05, 0) is 11.6 Å². The van der Waals surface area contributed by atoms with Gasteiger partial charge in [-0.25, -0.2) is 9.99 Å². The summed E-state index contributed by atoms with van der Waals surface area (Å²) in [5, 5.41) is 13.9. The second-order valence-corrected chi connectivity index (χ2v) is 3.90. The third kappa shape index (κ3) is 4.66. The van der Waals surface area contributed by atoms with Crippen LogP contribution in [0.1, 0.15) is 5.56 Å². The fourth-order valence-corrected chi connectivity index (χ4v) is 1.41. The van der Waals surface area contributed by atoms with Crippen molar-refractivity contribution in [1.82, 2.24) is 15.0 Å². The summed E-state index contributed by atoms with van der Waals surface area (Å²) in [6.07, 6.45) is 3.79. The second kappa shape index (κ2) is 6.90. The van der Waals surface area contributed by atoms with Crippen molar-refractivity contribution in [2.75, 3.05) is 13.7 Å². The highest BCUT2D eigenvalue weighted by Gasteiger charge is 2.07. The van der Waals surface area contributed by atoms with E-state index in [0.717, 1.165) is 11.8 Å². The molecule has 0 aliphatic rings. The van der Waals surface area contributed by atoms with E-state index in [-0.39, 0.29) is 6.67 Å². The maximum Gasteiger partial charge on any atom is 0.251 e. The molecule has 0 spiro atoms. The van der Waals surface area contributed by atoms with Crippen LogP contribution in [-0.4, -0.2) is 33.6 Å². The van der Waals surface area contributed by atoms with E-state index in [1.807, 2.05) is 6.07 Å². The van der Waals surface area contributed by atoms with E-state index in [2.05, 4.69) is 4.98 Å². The molecule has 1 aromatic rings. The van der Waals surface area contributed by atoms with E-state index in [0.29, 0.717) is 11.7 Å². The quantitative estimate of drug-likeness (QED) is 0.360. The van der Waals surface area contributed by atoms with Gasteiger partial charge in [-0.15, -0.1) is 0 Å². The maximum absolute atomic E-state index is 10.2. The number of nitro groups is 1. The van der Waals surface area contributed by atoms with Gasteiger partial charge in [-0.3, -0.25) is 15.1 Å². The zero-order valence-corrected chi connectivity index (χ0v) is 10.6. The Bertz CT molecular complexity index is 423. The van der Waals surface area contributed by atoms with Gasteiger partial charge >= 0.3 is 0 Å². The normalized spacial score (nSPS) is 11.1. The lowest BCUT2D eigenvalue weighted by Gasteiger charge is -2.28. The van der Waals surface area contributed by atoms with Gasteiger partial charge in [0.25, 0.3) is 6.20 Å². The first-order valence-electron chi connectivity index (χ1n) is 5.13. The van der Waals surface area contributed by atoms with Gasteiger partial charge in [0.15, 0.2) is 0 Å². The minimum atomic E-state index is -0.541. The molecular weight excluding hydrogens is 258 g/mol. The Morgan fingerprint density at radius 1 is 1.61 bits per heavy atom. The number of hydrogen-bond acceptors (Lipinski definition) is 6. The summed E-state index contributed by atoms with van der Waals surface area (Å²) in [6, 6.07) is 3.52. The monoisotopic (exact) mass is 271 g/mol. The standard InChI is InChI=1S/C10H14ClN5O2/c1-14(15(8-12)4-5-16(17)18)7-9-2-3-10(11)13-6-9/h2-6H,7-8,12H2,1H3/b5-4+. The van der Waals surface area contributed by atoms with Crippen LogP contribution in [0.3, 0.4) is 0 Å². The van der Waals surface area contributed by atoms with Crippen molar-refractivity contribution in [3.8, 4) is 0 Å². The molecule has 18 heavy (non-hydrogen) atoms. The summed E-state index contributed by atoms with van der Waals surface area (Å²) in [5.74, 6) is 0. The molecule has 0 aliphatic carbocycles. The third-order valence-electron chi connectivity index (χ3n) is 2.19. The number of pyridine rings is 1. The highest BCUT2D eigenvalue weighted by molar-refractivity contribution is 6.29. The van der Waals surface area contributed by atoms with Crippen molar-refractivity contribution in [3.63, 3.8) is 0 Å². The van der Waals surface area contributed by atoms with Crippen LogP contribution in [0.5, 0.6) is 0 Å². The first kappa shape index (κ1) is 14.4. The van der Waals surface area contributed by atoms with Crippen LogP contribution in [0.15, 0.2) is 30.7 Å². The highest BCUT2D eigenvalue weighted by atomic mass is 35.5. The molecule has 8 heteroatoms. The average molecular weight is 272 g/mol. The van der Waals surface area contributed by atoms with Crippen molar-refractivity contribution in [2.45, 2.75) is 6.54 Å². The molecule has 1 aromatic heterocycles. The predicted octanol–water partition coefficient (Wildman–Crippen LogP) is 1.05. The molecule has 0 fully saturated rings. The fraction of sp³-hybridized carbons (Fsp3) is 0.300. The molecule has 0 unspecified atom stereocenters. The van der Waals surface area contributed by atoms with Crippen molar-refractivity contribution >= 4 is 11.6 Å². The van der Waals surface area contributed by atoms with Crippen molar-refractivity contribution < 1.29 is 4.92 Å². The van der Waals surface area contributed by atoms with Gasteiger partial charge in [0.1, 0.15) is 5.15 Å². The Labute approximate surface area is 110 Å².